The third-order valence-electron chi connectivity index (χ3n) is 6.48. The lowest BCUT2D eigenvalue weighted by Crippen LogP contribution is -2.70. The van der Waals surface area contributed by atoms with Gasteiger partial charge in [-0.25, -0.2) is 4.79 Å². The van der Waals surface area contributed by atoms with E-state index in [1.807, 2.05) is 18.2 Å². The second-order valence-corrected chi connectivity index (χ2v) is 13.1. The van der Waals surface area contributed by atoms with Crippen molar-refractivity contribution in [1.29, 1.82) is 0 Å². The van der Waals surface area contributed by atoms with E-state index in [4.69, 9.17) is 9.47 Å². The summed E-state index contributed by atoms with van der Waals surface area (Å²) < 4.78 is 53.7. The minimum atomic E-state index is -4.90. The Balaban J connectivity index is 1.38. The van der Waals surface area contributed by atoms with Gasteiger partial charge in [-0.1, -0.05) is 42.5 Å². The highest BCUT2D eigenvalue weighted by Gasteiger charge is 2.55. The molecule has 1 N–H and O–H groups in total. The van der Waals surface area contributed by atoms with Gasteiger partial charge in [0.15, 0.2) is 0 Å². The van der Waals surface area contributed by atoms with Crippen LogP contribution in [0.4, 0.5) is 13.2 Å². The summed E-state index contributed by atoms with van der Waals surface area (Å²) in [6.07, 6.45) is -4.82. The van der Waals surface area contributed by atoms with Gasteiger partial charge in [-0.3, -0.25) is 14.5 Å². The molecule has 3 atom stereocenters. The molecule has 5 rings (SSSR count). The normalized spacial score (nSPS) is 22.5. The number of thiol groups is 1. The van der Waals surface area contributed by atoms with Crippen LogP contribution in [0.5, 0.6) is 5.75 Å². The average Bonchev–Trinajstić information content (AvgIpc) is 3.32. The van der Waals surface area contributed by atoms with Crippen LogP contribution in [0.1, 0.15) is 11.1 Å². The number of carbonyl (C=O) groups is 3. The topological polar surface area (TPSA) is 94.2 Å². The summed E-state index contributed by atoms with van der Waals surface area (Å²) in [5.74, 6) is -1.21. The molecule has 0 saturated carbocycles. The van der Waals surface area contributed by atoms with Crippen molar-refractivity contribution in [3.63, 3.8) is 0 Å². The van der Waals surface area contributed by atoms with Crippen LogP contribution >= 0.6 is 38.6 Å². The molecule has 1 fully saturated rings. The first-order valence-corrected chi connectivity index (χ1v) is 15.8. The van der Waals surface area contributed by atoms with Gasteiger partial charge in [0.25, 0.3) is 5.91 Å². The molecule has 42 heavy (non-hydrogen) atoms. The molecule has 0 spiro atoms. The zero-order valence-electron chi connectivity index (χ0n) is 21.9. The molecule has 8 nitrogen and oxygen atoms in total. The van der Waals surface area contributed by atoms with Crippen LogP contribution in [0.3, 0.4) is 0 Å². The summed E-state index contributed by atoms with van der Waals surface area (Å²) in [5, 5.41) is 5.01. The van der Waals surface area contributed by atoms with E-state index in [1.165, 1.54) is 34.6 Å². The van der Waals surface area contributed by atoms with Crippen LogP contribution in [-0.4, -0.2) is 53.3 Å². The fourth-order valence-electron chi connectivity index (χ4n) is 4.50. The second kappa shape index (κ2) is 12.5. The highest BCUT2D eigenvalue weighted by Crippen LogP contribution is 2.55. The van der Waals surface area contributed by atoms with Crippen LogP contribution in [0.25, 0.3) is 0 Å². The Kier molecular flexibility index (Phi) is 8.94. The number of allylic oxidation sites excluding steroid dienone is 1. The first kappa shape index (κ1) is 30.1. The standard InChI is InChI=1S/C28H24BrF3N2O6S2/c1-38-18-9-7-17(8-10-18)12-39-27(37)24-21(42-14-19(29)20(15-42)40-28(30,31)32)13-41-26-23(25(36)34(24)26)33-22(35)11-16-5-3-2-4-6-16/h2-10,14-15,23,26,42H,11-13H2,1H3,(H,33,35). The molecule has 2 aromatic carbocycles. The quantitative estimate of drug-likeness (QED) is 0.213. The number of nitrogens with one attached hydrogen (secondary N) is 1. The van der Waals surface area contributed by atoms with E-state index in [1.54, 1.807) is 36.4 Å². The zero-order valence-corrected chi connectivity index (χ0v) is 25.2. The molecule has 222 valence electrons. The van der Waals surface area contributed by atoms with Crippen LogP contribution in [0.2, 0.25) is 0 Å². The number of ether oxygens (including phenoxy) is 3. The minimum Gasteiger partial charge on any atom is -0.497 e. The predicted octanol–water partition coefficient (Wildman–Crippen LogP) is 5.22. The number of nitrogens with zero attached hydrogens (tertiary/aromatic N) is 1. The van der Waals surface area contributed by atoms with Crippen molar-refractivity contribution in [2.45, 2.75) is 30.8 Å². The number of halogens is 4. The average molecular weight is 686 g/mol. The van der Waals surface area contributed by atoms with Crippen LogP contribution in [0, 0.1) is 0 Å². The number of amides is 2. The Morgan fingerprint density at radius 1 is 1.10 bits per heavy atom. The van der Waals surface area contributed by atoms with E-state index in [9.17, 15) is 27.6 Å². The molecule has 3 unspecified atom stereocenters. The molecule has 2 amide bonds. The first-order valence-electron chi connectivity index (χ1n) is 12.5. The van der Waals surface area contributed by atoms with Crippen LogP contribution in [0.15, 0.2) is 86.3 Å². The zero-order chi connectivity index (χ0) is 30.0. The van der Waals surface area contributed by atoms with E-state index in [-0.39, 0.29) is 34.9 Å². The number of hydrogen-bond acceptors (Lipinski definition) is 7. The number of carbonyl (C=O) groups excluding carboxylic acids is 3. The Morgan fingerprint density at radius 3 is 2.48 bits per heavy atom. The summed E-state index contributed by atoms with van der Waals surface area (Å²) in [6.45, 7) is -0.105. The number of benzene rings is 2. The SMILES string of the molecule is COc1ccc(COC(=O)C2=C([SH]3C=C(Br)C(OC(F)(F)F)=C3)CSC3C(NC(=O)Cc4ccccc4)C(=O)N23)cc1. The minimum absolute atomic E-state index is 0.0296. The lowest BCUT2D eigenvalue weighted by atomic mass is 10.0. The van der Waals surface area contributed by atoms with Crippen molar-refractivity contribution in [1.82, 2.24) is 10.2 Å². The Bertz CT molecular complexity index is 1480. The Morgan fingerprint density at radius 2 is 1.81 bits per heavy atom. The fourth-order valence-corrected chi connectivity index (χ4v) is 9.20. The van der Waals surface area contributed by atoms with Gasteiger partial charge in [0, 0.05) is 16.1 Å². The van der Waals surface area contributed by atoms with Crippen molar-refractivity contribution in [3.8, 4) is 5.75 Å². The van der Waals surface area contributed by atoms with Crippen molar-refractivity contribution in [2.75, 3.05) is 12.9 Å². The Labute approximate surface area is 254 Å². The summed E-state index contributed by atoms with van der Waals surface area (Å²) in [7, 11) is -0.0422. The monoisotopic (exact) mass is 684 g/mol. The summed E-state index contributed by atoms with van der Waals surface area (Å²) >= 11 is 4.42. The lowest BCUT2D eigenvalue weighted by Gasteiger charge is -2.50. The van der Waals surface area contributed by atoms with E-state index >= 15 is 0 Å². The summed E-state index contributed by atoms with van der Waals surface area (Å²) in [5.41, 5.74) is 1.42. The van der Waals surface area contributed by atoms with Gasteiger partial charge in [0.2, 0.25) is 5.91 Å². The van der Waals surface area contributed by atoms with E-state index in [0.717, 1.165) is 5.56 Å². The van der Waals surface area contributed by atoms with Gasteiger partial charge >= 0.3 is 12.3 Å². The molecule has 0 bridgehead atoms. The van der Waals surface area contributed by atoms with Crippen molar-refractivity contribution in [2.24, 2.45) is 0 Å². The highest BCUT2D eigenvalue weighted by molar-refractivity contribution is 9.12. The molecule has 0 radical (unpaired) electrons. The van der Waals surface area contributed by atoms with E-state index in [0.29, 0.717) is 16.2 Å². The molecule has 2 aromatic rings. The third-order valence-corrected chi connectivity index (χ3v) is 11.0. The molecule has 3 aliphatic heterocycles. The van der Waals surface area contributed by atoms with E-state index in [2.05, 4.69) is 26.0 Å². The van der Waals surface area contributed by atoms with Crippen molar-refractivity contribution in [3.05, 3.63) is 97.4 Å². The number of fused-ring (bicyclic) bond motifs is 1. The second-order valence-electron chi connectivity index (χ2n) is 9.26. The molecule has 1 saturated heterocycles. The maximum Gasteiger partial charge on any atom is 0.573 e. The Hall–Kier alpha value is -3.36. The largest absolute Gasteiger partial charge is 0.573 e. The van der Waals surface area contributed by atoms with Gasteiger partial charge in [-0.15, -0.1) is 24.9 Å². The lowest BCUT2D eigenvalue weighted by molar-refractivity contribution is -0.303. The number of rotatable bonds is 9. The van der Waals surface area contributed by atoms with Crippen molar-refractivity contribution < 1.29 is 41.8 Å². The molecule has 3 heterocycles. The molecule has 3 aliphatic rings. The number of alkyl halides is 3. The van der Waals surface area contributed by atoms with Crippen LogP contribution in [-0.2, 0) is 36.9 Å². The maximum absolute atomic E-state index is 13.5. The highest BCUT2D eigenvalue weighted by atomic mass is 79.9. The number of hydrogen-bond donors (Lipinski definition) is 2. The third kappa shape index (κ3) is 6.65. The predicted molar refractivity (Wildman–Crippen MR) is 156 cm³/mol. The number of methoxy groups -OCH3 is 1. The number of β-lactam (4-membered cyclic amide) rings is 1. The van der Waals surface area contributed by atoms with Gasteiger partial charge in [-0.2, -0.15) is 10.9 Å². The maximum atomic E-state index is 13.5. The smallest absolute Gasteiger partial charge is 0.497 e. The van der Waals surface area contributed by atoms with Gasteiger partial charge < -0.3 is 19.5 Å². The van der Waals surface area contributed by atoms with E-state index < -0.39 is 46.3 Å². The van der Waals surface area contributed by atoms with Crippen molar-refractivity contribution >= 4 is 56.4 Å². The number of esters is 1. The van der Waals surface area contributed by atoms with Gasteiger partial charge in [0.1, 0.15) is 35.2 Å². The summed E-state index contributed by atoms with van der Waals surface area (Å²) in [4.78, 5) is 41.3. The molecule has 14 heteroatoms. The molecular formula is C28H24BrF3N2O6S2. The summed E-state index contributed by atoms with van der Waals surface area (Å²) in [6, 6.07) is 15.0. The molecule has 0 aliphatic carbocycles. The number of thioether (sulfide) groups is 1. The molecule has 0 aromatic heterocycles. The van der Waals surface area contributed by atoms with Gasteiger partial charge in [-0.05, 0) is 44.6 Å². The van der Waals surface area contributed by atoms with Crippen LogP contribution < -0.4 is 10.1 Å². The molecular weight excluding hydrogens is 661 g/mol. The van der Waals surface area contributed by atoms with Gasteiger partial charge in [0.05, 0.1) is 18.0 Å². The first-order chi connectivity index (χ1) is 20.0. The fraction of sp³-hybridized carbons (Fsp3) is 0.250.